The van der Waals surface area contributed by atoms with Crippen molar-refractivity contribution in [3.8, 4) is 0 Å². The molecule has 2 amide bonds. The molecule has 1 atom stereocenters. The maximum absolute atomic E-state index is 14.7. The van der Waals surface area contributed by atoms with Crippen molar-refractivity contribution in [2.45, 2.75) is 71.0 Å². The molecule has 7 nitrogen and oxygen atoms in total. The van der Waals surface area contributed by atoms with Gasteiger partial charge in [-0.05, 0) is 94.1 Å². The molecule has 0 bridgehead atoms. The zero-order valence-corrected chi connectivity index (χ0v) is 29.9. The highest BCUT2D eigenvalue weighted by Crippen LogP contribution is 2.30. The molecule has 0 unspecified atom stereocenters. The van der Waals surface area contributed by atoms with Crippen molar-refractivity contribution in [3.63, 3.8) is 0 Å². The number of carbonyl (C=O) groups excluding carboxylic acids is 2. The van der Waals surface area contributed by atoms with Crippen LogP contribution in [0, 0.1) is 20.8 Å². The Kier molecular flexibility index (Phi) is 11.4. The minimum Gasteiger partial charge on any atom is -0.350 e. The fourth-order valence-electron chi connectivity index (χ4n) is 5.18. The van der Waals surface area contributed by atoms with E-state index in [0.717, 1.165) is 21.0 Å². The van der Waals surface area contributed by atoms with Crippen LogP contribution in [0.25, 0.3) is 0 Å². The van der Waals surface area contributed by atoms with Gasteiger partial charge in [0, 0.05) is 28.5 Å². The average molecular weight is 695 g/mol. The van der Waals surface area contributed by atoms with Gasteiger partial charge in [-0.15, -0.1) is 0 Å². The van der Waals surface area contributed by atoms with Gasteiger partial charge in [-0.3, -0.25) is 13.9 Å². The number of benzene rings is 4. The maximum Gasteiger partial charge on any atom is 0.264 e. The quantitative estimate of drug-likeness (QED) is 0.175. The first kappa shape index (κ1) is 36.0. The van der Waals surface area contributed by atoms with Gasteiger partial charge in [0.15, 0.2) is 0 Å². The molecule has 4 aromatic rings. The van der Waals surface area contributed by atoms with Gasteiger partial charge >= 0.3 is 0 Å². The molecule has 0 fully saturated rings. The summed E-state index contributed by atoms with van der Waals surface area (Å²) in [6, 6.07) is 25.3. The third-order valence-corrected chi connectivity index (χ3v) is 10.0. The number of hydrogen-bond acceptors (Lipinski definition) is 4. The summed E-state index contributed by atoms with van der Waals surface area (Å²) < 4.78 is 29.8. The summed E-state index contributed by atoms with van der Waals surface area (Å²) in [5, 5.41) is 3.78. The van der Waals surface area contributed by atoms with E-state index in [0.29, 0.717) is 26.9 Å². The van der Waals surface area contributed by atoms with E-state index in [1.165, 1.54) is 17.0 Å². The van der Waals surface area contributed by atoms with Crippen molar-refractivity contribution in [1.82, 2.24) is 10.2 Å². The first-order chi connectivity index (χ1) is 22.0. The van der Waals surface area contributed by atoms with E-state index in [1.807, 2.05) is 77.1 Å². The Balaban J connectivity index is 1.87. The van der Waals surface area contributed by atoms with Crippen molar-refractivity contribution in [2.24, 2.45) is 0 Å². The van der Waals surface area contributed by atoms with Gasteiger partial charge in [0.1, 0.15) is 12.6 Å². The molecule has 10 heteroatoms. The number of nitrogens with zero attached hydrogens (tertiary/aromatic N) is 2. The summed E-state index contributed by atoms with van der Waals surface area (Å²) in [5.41, 5.74) is 3.58. The SMILES string of the molecule is Cc1ccc(S(=O)(=O)N(CC(=O)N(Cc2ccc(Cl)cc2Cl)[C@H](Cc2ccccc2)C(=O)NC(C)(C)C)c2cc(C)ccc2C)cc1. The van der Waals surface area contributed by atoms with E-state index < -0.39 is 34.1 Å². The minimum atomic E-state index is -4.22. The van der Waals surface area contributed by atoms with Crippen LogP contribution in [0.1, 0.15) is 48.6 Å². The summed E-state index contributed by atoms with van der Waals surface area (Å²) in [5.74, 6) is -0.947. The molecule has 4 aromatic carbocycles. The molecule has 0 radical (unpaired) electrons. The standard InChI is InChI=1S/C37H41Cl2N3O4S/c1-25-13-18-31(19-14-25)47(45,46)42(33-20-26(2)12-15-27(33)3)24-35(43)41(23-29-16-17-30(38)22-32(29)39)34(36(44)40-37(4,5)6)21-28-10-8-7-9-11-28/h7-20,22,34H,21,23-24H2,1-6H3,(H,40,44)/t34-/m1/s1. The third kappa shape index (κ3) is 9.37. The number of amides is 2. The van der Waals surface area contributed by atoms with Crippen LogP contribution in [0.2, 0.25) is 10.0 Å². The molecular formula is C37H41Cl2N3O4S. The fraction of sp³-hybridized carbons (Fsp3) is 0.297. The second-order valence-electron chi connectivity index (χ2n) is 12.8. The van der Waals surface area contributed by atoms with Crippen LogP contribution in [0.3, 0.4) is 0 Å². The predicted molar refractivity (Wildman–Crippen MR) is 190 cm³/mol. The lowest BCUT2D eigenvalue weighted by molar-refractivity contribution is -0.140. The van der Waals surface area contributed by atoms with Gasteiger partial charge in [-0.1, -0.05) is 89.4 Å². The molecule has 248 valence electrons. The van der Waals surface area contributed by atoms with E-state index in [1.54, 1.807) is 43.3 Å². The minimum absolute atomic E-state index is 0.0513. The van der Waals surface area contributed by atoms with Crippen LogP contribution in [0.15, 0.2) is 95.9 Å². The molecule has 0 aliphatic rings. The van der Waals surface area contributed by atoms with Crippen LogP contribution in [0.4, 0.5) is 5.69 Å². The molecule has 0 aliphatic heterocycles. The lowest BCUT2D eigenvalue weighted by Crippen LogP contribution is -2.56. The zero-order chi connectivity index (χ0) is 34.5. The molecule has 47 heavy (non-hydrogen) atoms. The summed E-state index contributed by atoms with van der Waals surface area (Å²) in [4.78, 5) is 30.2. The number of rotatable bonds is 11. The van der Waals surface area contributed by atoms with Crippen molar-refractivity contribution in [3.05, 3.63) is 129 Å². The highest BCUT2D eigenvalue weighted by molar-refractivity contribution is 7.92. The molecule has 0 spiro atoms. The smallest absolute Gasteiger partial charge is 0.264 e. The Bertz CT molecular complexity index is 1840. The number of hydrogen-bond donors (Lipinski definition) is 1. The first-order valence-electron chi connectivity index (χ1n) is 15.3. The van der Waals surface area contributed by atoms with Gasteiger partial charge in [0.05, 0.1) is 10.6 Å². The second kappa shape index (κ2) is 14.9. The highest BCUT2D eigenvalue weighted by Gasteiger charge is 2.36. The lowest BCUT2D eigenvalue weighted by atomic mass is 10.0. The van der Waals surface area contributed by atoms with E-state index in [-0.39, 0.29) is 23.8 Å². The normalized spacial score (nSPS) is 12.3. The highest BCUT2D eigenvalue weighted by atomic mass is 35.5. The van der Waals surface area contributed by atoms with Crippen LogP contribution >= 0.6 is 23.2 Å². The Morgan fingerprint density at radius 1 is 0.830 bits per heavy atom. The third-order valence-electron chi connectivity index (χ3n) is 7.65. The second-order valence-corrected chi connectivity index (χ2v) is 15.5. The fourth-order valence-corrected chi connectivity index (χ4v) is 7.12. The van der Waals surface area contributed by atoms with E-state index in [9.17, 15) is 18.0 Å². The summed E-state index contributed by atoms with van der Waals surface area (Å²) in [6.07, 6.45) is 0.188. The lowest BCUT2D eigenvalue weighted by Gasteiger charge is -2.35. The predicted octanol–water partition coefficient (Wildman–Crippen LogP) is 7.67. The van der Waals surface area contributed by atoms with Crippen molar-refractivity contribution in [1.29, 1.82) is 0 Å². The van der Waals surface area contributed by atoms with Crippen LogP contribution in [0.5, 0.6) is 0 Å². The van der Waals surface area contributed by atoms with Gasteiger partial charge < -0.3 is 10.2 Å². The number of nitrogens with one attached hydrogen (secondary N) is 1. The Labute approximate surface area is 288 Å². The van der Waals surface area contributed by atoms with E-state index >= 15 is 0 Å². The molecule has 0 heterocycles. The van der Waals surface area contributed by atoms with E-state index in [4.69, 9.17) is 23.2 Å². The topological polar surface area (TPSA) is 86.8 Å². The molecule has 0 aliphatic carbocycles. The Morgan fingerprint density at radius 2 is 1.47 bits per heavy atom. The molecule has 1 N–H and O–H groups in total. The molecule has 0 aromatic heterocycles. The van der Waals surface area contributed by atoms with Crippen LogP contribution in [-0.2, 0) is 32.6 Å². The number of carbonyl (C=O) groups is 2. The molecule has 0 saturated heterocycles. The van der Waals surface area contributed by atoms with Crippen molar-refractivity contribution < 1.29 is 18.0 Å². The Morgan fingerprint density at radius 3 is 2.09 bits per heavy atom. The molecule has 0 saturated carbocycles. The van der Waals surface area contributed by atoms with Crippen molar-refractivity contribution >= 4 is 50.7 Å². The summed E-state index contributed by atoms with van der Waals surface area (Å²) >= 11 is 12.8. The average Bonchev–Trinajstić information content (AvgIpc) is 2.99. The Hall–Kier alpha value is -3.85. The molecular weight excluding hydrogens is 653 g/mol. The number of sulfonamides is 1. The maximum atomic E-state index is 14.7. The summed E-state index contributed by atoms with van der Waals surface area (Å²) in [7, 11) is -4.22. The van der Waals surface area contributed by atoms with Gasteiger partial charge in [0.25, 0.3) is 10.0 Å². The first-order valence-corrected chi connectivity index (χ1v) is 17.5. The van der Waals surface area contributed by atoms with Gasteiger partial charge in [0.2, 0.25) is 11.8 Å². The number of aryl methyl sites for hydroxylation is 3. The zero-order valence-electron chi connectivity index (χ0n) is 27.6. The van der Waals surface area contributed by atoms with Gasteiger partial charge in [-0.25, -0.2) is 8.42 Å². The monoisotopic (exact) mass is 693 g/mol. The van der Waals surface area contributed by atoms with Crippen LogP contribution in [-0.4, -0.2) is 43.3 Å². The summed E-state index contributed by atoms with van der Waals surface area (Å²) in [6.45, 7) is 10.5. The number of anilines is 1. The van der Waals surface area contributed by atoms with Crippen molar-refractivity contribution in [2.75, 3.05) is 10.8 Å². The van der Waals surface area contributed by atoms with Gasteiger partial charge in [-0.2, -0.15) is 0 Å². The van der Waals surface area contributed by atoms with Crippen LogP contribution < -0.4 is 9.62 Å². The molecule has 4 rings (SSSR count). The number of halogens is 2. The largest absolute Gasteiger partial charge is 0.350 e. The van der Waals surface area contributed by atoms with E-state index in [2.05, 4.69) is 5.32 Å².